The minimum atomic E-state index is -2.69. The highest BCUT2D eigenvalue weighted by atomic mass is 35.5. The molecule has 2 heterocycles. The third kappa shape index (κ3) is 3.77. The number of rotatable bonds is 4. The number of anilines is 1. The zero-order chi connectivity index (χ0) is 16.4. The Balaban J connectivity index is 1.85. The molecule has 0 aliphatic heterocycles. The van der Waals surface area contributed by atoms with Gasteiger partial charge in [0, 0.05) is 29.7 Å². The number of alkyl halides is 3. The molecule has 23 heavy (non-hydrogen) atoms. The normalized spacial score (nSPS) is 21.6. The predicted molar refractivity (Wildman–Crippen MR) is 82.5 cm³/mol. The molecule has 124 valence electrons. The molecule has 8 heteroatoms. The van der Waals surface area contributed by atoms with E-state index in [1.54, 1.807) is 6.07 Å². The van der Waals surface area contributed by atoms with Crippen molar-refractivity contribution < 1.29 is 13.2 Å². The molecule has 1 aliphatic rings. The van der Waals surface area contributed by atoms with Gasteiger partial charge in [-0.1, -0.05) is 11.6 Å². The molecule has 0 unspecified atom stereocenters. The largest absolute Gasteiger partial charge is 0.382 e. The highest BCUT2D eigenvalue weighted by Crippen LogP contribution is 2.31. The Morgan fingerprint density at radius 2 is 2.00 bits per heavy atom. The van der Waals surface area contributed by atoms with E-state index in [0.717, 1.165) is 0 Å². The summed E-state index contributed by atoms with van der Waals surface area (Å²) in [5.74, 6) is 0. The molecule has 2 aromatic rings. The highest BCUT2D eigenvalue weighted by Gasteiger charge is 2.22. The Kier molecular flexibility index (Phi) is 4.75. The summed E-state index contributed by atoms with van der Waals surface area (Å²) in [5, 5.41) is 7.47. The first-order valence-corrected chi connectivity index (χ1v) is 7.80. The van der Waals surface area contributed by atoms with E-state index in [9.17, 15) is 13.2 Å². The number of nitrogens with one attached hydrogen (secondary N) is 1. The van der Waals surface area contributed by atoms with Gasteiger partial charge in [-0.15, -0.1) is 0 Å². The van der Waals surface area contributed by atoms with E-state index in [0.29, 0.717) is 52.5 Å². The second-order valence-electron chi connectivity index (χ2n) is 5.60. The van der Waals surface area contributed by atoms with Crippen LogP contribution in [0.15, 0.2) is 24.5 Å². The van der Waals surface area contributed by atoms with Crippen molar-refractivity contribution >= 4 is 17.3 Å². The lowest BCUT2D eigenvalue weighted by Crippen LogP contribution is -2.26. The zero-order valence-corrected chi connectivity index (χ0v) is 13.0. The minimum Gasteiger partial charge on any atom is -0.382 e. The Hall–Kier alpha value is -1.76. The lowest BCUT2D eigenvalue weighted by atomic mass is 9.93. The average Bonchev–Trinajstić information content (AvgIpc) is 3.00. The van der Waals surface area contributed by atoms with E-state index in [4.69, 9.17) is 11.6 Å². The lowest BCUT2D eigenvalue weighted by molar-refractivity contribution is 0.0568. The molecular formula is C15H16ClF3N4. The Morgan fingerprint density at radius 1 is 1.26 bits per heavy atom. The first-order valence-electron chi connectivity index (χ1n) is 7.43. The summed E-state index contributed by atoms with van der Waals surface area (Å²) in [6.07, 6.45) is 4.45. The van der Waals surface area contributed by atoms with Crippen LogP contribution in [0.25, 0.3) is 11.3 Å². The number of pyridine rings is 1. The van der Waals surface area contributed by atoms with Crippen molar-refractivity contribution in [3.8, 4) is 11.3 Å². The van der Waals surface area contributed by atoms with Crippen LogP contribution in [0.3, 0.4) is 0 Å². The molecule has 0 amide bonds. The average molecular weight is 345 g/mol. The van der Waals surface area contributed by atoms with Gasteiger partial charge < -0.3 is 5.32 Å². The Labute approximate surface area is 136 Å². The summed E-state index contributed by atoms with van der Waals surface area (Å²) in [6, 6.07) is 3.26. The van der Waals surface area contributed by atoms with Crippen molar-refractivity contribution in [2.24, 2.45) is 0 Å². The third-order valence-electron chi connectivity index (χ3n) is 3.97. The fourth-order valence-electron chi connectivity index (χ4n) is 2.76. The van der Waals surface area contributed by atoms with Crippen LogP contribution in [0.2, 0.25) is 5.15 Å². The van der Waals surface area contributed by atoms with E-state index < -0.39 is 12.7 Å². The van der Waals surface area contributed by atoms with Gasteiger partial charge in [0.1, 0.15) is 11.3 Å². The molecule has 0 spiro atoms. The zero-order valence-electron chi connectivity index (χ0n) is 12.2. The number of aromatic nitrogens is 3. The number of hydrogen-bond donors (Lipinski definition) is 1. The molecule has 1 saturated carbocycles. The molecule has 3 rings (SSSR count). The van der Waals surface area contributed by atoms with Gasteiger partial charge in [-0.2, -0.15) is 13.9 Å². The molecule has 0 radical (unpaired) electrons. The standard InChI is InChI=1S/C15H16ClF3N4/c16-14-7-13(21-10-3-1-9(17)2-4-10)11(8-20-14)12-5-6-23(22-12)15(18)19/h5-10,15H,1-4H2,(H,20,21). The smallest absolute Gasteiger partial charge is 0.333 e. The van der Waals surface area contributed by atoms with Crippen LogP contribution in [0, 0.1) is 0 Å². The maximum atomic E-state index is 13.2. The molecule has 0 atom stereocenters. The van der Waals surface area contributed by atoms with Crippen molar-refractivity contribution in [1.82, 2.24) is 14.8 Å². The van der Waals surface area contributed by atoms with E-state index >= 15 is 0 Å². The fourth-order valence-corrected chi connectivity index (χ4v) is 2.92. The SMILES string of the molecule is FC1CCC(Nc2cc(Cl)ncc2-c2ccn(C(F)F)n2)CC1. The highest BCUT2D eigenvalue weighted by molar-refractivity contribution is 6.29. The maximum absolute atomic E-state index is 13.2. The predicted octanol–water partition coefficient (Wildman–Crippen LogP) is 4.69. The van der Waals surface area contributed by atoms with Crippen LogP contribution in [-0.2, 0) is 0 Å². The van der Waals surface area contributed by atoms with E-state index in [1.165, 1.54) is 18.5 Å². The summed E-state index contributed by atoms with van der Waals surface area (Å²) in [7, 11) is 0. The first-order chi connectivity index (χ1) is 11.0. The summed E-state index contributed by atoms with van der Waals surface area (Å²) in [6.45, 7) is -2.69. The summed E-state index contributed by atoms with van der Waals surface area (Å²) < 4.78 is 39.2. The van der Waals surface area contributed by atoms with Crippen LogP contribution in [0.4, 0.5) is 18.9 Å². The first kappa shape index (κ1) is 16.1. The summed E-state index contributed by atoms with van der Waals surface area (Å²) >= 11 is 5.94. The molecular weight excluding hydrogens is 329 g/mol. The Morgan fingerprint density at radius 3 is 2.65 bits per heavy atom. The quantitative estimate of drug-likeness (QED) is 0.818. The molecule has 0 saturated heterocycles. The van der Waals surface area contributed by atoms with Crippen LogP contribution in [0.5, 0.6) is 0 Å². The number of hydrogen-bond acceptors (Lipinski definition) is 3. The maximum Gasteiger partial charge on any atom is 0.333 e. The van der Waals surface area contributed by atoms with Gasteiger partial charge >= 0.3 is 6.55 Å². The van der Waals surface area contributed by atoms with Crippen molar-refractivity contribution in [2.75, 3.05) is 5.32 Å². The molecule has 4 nitrogen and oxygen atoms in total. The summed E-state index contributed by atoms with van der Waals surface area (Å²) in [4.78, 5) is 4.00. The van der Waals surface area contributed by atoms with Gasteiger partial charge in [0.15, 0.2) is 0 Å². The van der Waals surface area contributed by atoms with Crippen molar-refractivity contribution in [1.29, 1.82) is 0 Å². The second-order valence-corrected chi connectivity index (χ2v) is 5.99. The van der Waals surface area contributed by atoms with Gasteiger partial charge in [-0.05, 0) is 37.8 Å². The molecule has 0 aromatic carbocycles. The number of halogens is 4. The van der Waals surface area contributed by atoms with Crippen LogP contribution >= 0.6 is 11.6 Å². The van der Waals surface area contributed by atoms with Crippen molar-refractivity contribution in [3.05, 3.63) is 29.7 Å². The third-order valence-corrected chi connectivity index (χ3v) is 4.18. The van der Waals surface area contributed by atoms with Gasteiger partial charge in [0.25, 0.3) is 0 Å². The monoisotopic (exact) mass is 344 g/mol. The topological polar surface area (TPSA) is 42.7 Å². The molecule has 1 fully saturated rings. The van der Waals surface area contributed by atoms with Gasteiger partial charge in [-0.25, -0.2) is 14.1 Å². The minimum absolute atomic E-state index is 0.122. The van der Waals surface area contributed by atoms with Crippen LogP contribution in [0.1, 0.15) is 32.2 Å². The van der Waals surface area contributed by atoms with Crippen LogP contribution < -0.4 is 5.32 Å². The van der Waals surface area contributed by atoms with Gasteiger partial charge in [0.05, 0.1) is 5.69 Å². The molecule has 2 aromatic heterocycles. The summed E-state index contributed by atoms with van der Waals surface area (Å²) in [5.41, 5.74) is 1.65. The Bertz CT molecular complexity index is 668. The van der Waals surface area contributed by atoms with Gasteiger partial charge in [0.2, 0.25) is 0 Å². The van der Waals surface area contributed by atoms with E-state index in [-0.39, 0.29) is 6.04 Å². The van der Waals surface area contributed by atoms with E-state index in [2.05, 4.69) is 15.4 Å². The van der Waals surface area contributed by atoms with Crippen molar-refractivity contribution in [3.63, 3.8) is 0 Å². The van der Waals surface area contributed by atoms with Crippen molar-refractivity contribution in [2.45, 2.75) is 44.4 Å². The molecule has 0 bridgehead atoms. The number of nitrogens with zero attached hydrogens (tertiary/aromatic N) is 3. The van der Waals surface area contributed by atoms with Crippen LogP contribution in [-0.4, -0.2) is 27.0 Å². The second kappa shape index (κ2) is 6.78. The molecule has 1 aliphatic carbocycles. The van der Waals surface area contributed by atoms with E-state index in [1.807, 2.05) is 0 Å². The fraction of sp³-hybridized carbons (Fsp3) is 0.467. The molecule has 1 N–H and O–H groups in total. The lowest BCUT2D eigenvalue weighted by Gasteiger charge is -2.26. The van der Waals surface area contributed by atoms with Gasteiger partial charge in [-0.3, -0.25) is 0 Å².